The van der Waals surface area contributed by atoms with Crippen molar-refractivity contribution in [1.82, 2.24) is 9.88 Å². The van der Waals surface area contributed by atoms with Crippen LogP contribution in [0.15, 0.2) is 48.5 Å². The zero-order valence-electron chi connectivity index (χ0n) is 14.5. The minimum absolute atomic E-state index is 0.000815. The van der Waals surface area contributed by atoms with E-state index in [-0.39, 0.29) is 12.0 Å². The van der Waals surface area contributed by atoms with E-state index in [1.807, 2.05) is 55.5 Å². The molecule has 1 fully saturated rings. The molecule has 0 aliphatic carbocycles. The van der Waals surface area contributed by atoms with Crippen molar-refractivity contribution in [1.29, 1.82) is 0 Å². The van der Waals surface area contributed by atoms with Crippen LogP contribution >= 0.6 is 0 Å². The van der Waals surface area contributed by atoms with Gasteiger partial charge in [-0.25, -0.2) is 4.98 Å². The number of carbonyl (C=O) groups excluding carboxylic acids is 1. The van der Waals surface area contributed by atoms with Crippen molar-refractivity contribution >= 4 is 12.0 Å². The predicted octanol–water partition coefficient (Wildman–Crippen LogP) is 3.09. The monoisotopic (exact) mass is 338 g/mol. The first-order valence-corrected chi connectivity index (χ1v) is 8.35. The van der Waals surface area contributed by atoms with Crippen LogP contribution in [0.2, 0.25) is 0 Å². The third-order valence-corrected chi connectivity index (χ3v) is 4.14. The topological polar surface area (TPSA) is 51.7 Å². The molecule has 1 atom stereocenters. The Morgan fingerprint density at radius 3 is 2.76 bits per heavy atom. The van der Waals surface area contributed by atoms with Gasteiger partial charge in [-0.2, -0.15) is 0 Å². The van der Waals surface area contributed by atoms with Gasteiger partial charge >= 0.3 is 0 Å². The molecule has 25 heavy (non-hydrogen) atoms. The molecular weight excluding hydrogens is 316 g/mol. The van der Waals surface area contributed by atoms with Crippen molar-refractivity contribution in [3.05, 3.63) is 59.8 Å². The summed E-state index contributed by atoms with van der Waals surface area (Å²) in [5.41, 5.74) is 1.89. The van der Waals surface area contributed by atoms with Gasteiger partial charge in [-0.05, 0) is 36.8 Å². The van der Waals surface area contributed by atoms with E-state index in [0.29, 0.717) is 19.0 Å². The van der Waals surface area contributed by atoms with Crippen LogP contribution < -0.4 is 9.47 Å². The summed E-state index contributed by atoms with van der Waals surface area (Å²) in [4.78, 5) is 18.5. The molecule has 2 heterocycles. The third kappa shape index (κ3) is 4.59. The molecule has 1 aromatic carbocycles. The number of benzene rings is 1. The van der Waals surface area contributed by atoms with Crippen LogP contribution in [0.1, 0.15) is 17.7 Å². The maximum absolute atomic E-state index is 12.3. The highest BCUT2D eigenvalue weighted by molar-refractivity contribution is 5.92. The van der Waals surface area contributed by atoms with Crippen molar-refractivity contribution in [2.24, 2.45) is 0 Å². The predicted molar refractivity (Wildman–Crippen MR) is 96.6 cm³/mol. The van der Waals surface area contributed by atoms with Crippen LogP contribution in [-0.4, -0.2) is 42.1 Å². The first-order valence-electron chi connectivity index (χ1n) is 8.35. The number of pyridine rings is 1. The van der Waals surface area contributed by atoms with Gasteiger partial charge in [0.25, 0.3) is 0 Å². The van der Waals surface area contributed by atoms with Crippen molar-refractivity contribution < 1.29 is 14.3 Å². The Morgan fingerprint density at radius 1 is 1.24 bits per heavy atom. The number of aromatic nitrogens is 1. The van der Waals surface area contributed by atoms with E-state index in [4.69, 9.17) is 9.47 Å². The van der Waals surface area contributed by atoms with Gasteiger partial charge in [0, 0.05) is 30.8 Å². The molecule has 5 nitrogen and oxygen atoms in total. The second-order valence-electron chi connectivity index (χ2n) is 6.04. The van der Waals surface area contributed by atoms with Crippen molar-refractivity contribution in [3.8, 4) is 11.6 Å². The lowest BCUT2D eigenvalue weighted by atomic mass is 10.2. The molecule has 1 amide bonds. The van der Waals surface area contributed by atoms with E-state index >= 15 is 0 Å². The second kappa shape index (κ2) is 7.83. The van der Waals surface area contributed by atoms with E-state index in [9.17, 15) is 4.79 Å². The van der Waals surface area contributed by atoms with Crippen LogP contribution in [0.25, 0.3) is 6.08 Å². The Labute approximate surface area is 147 Å². The van der Waals surface area contributed by atoms with Crippen LogP contribution in [0.3, 0.4) is 0 Å². The maximum atomic E-state index is 12.3. The van der Waals surface area contributed by atoms with Crippen molar-refractivity contribution in [2.45, 2.75) is 19.4 Å². The number of aryl methyl sites for hydroxylation is 1. The van der Waals surface area contributed by atoms with Crippen molar-refractivity contribution in [3.63, 3.8) is 0 Å². The second-order valence-corrected chi connectivity index (χ2v) is 6.04. The largest absolute Gasteiger partial charge is 0.497 e. The molecule has 1 aromatic heterocycles. The average molecular weight is 338 g/mol. The van der Waals surface area contributed by atoms with E-state index < -0.39 is 0 Å². The number of hydrogen-bond donors (Lipinski definition) is 0. The normalized spacial score (nSPS) is 17.0. The zero-order valence-corrected chi connectivity index (χ0v) is 14.5. The number of nitrogens with zero attached hydrogens (tertiary/aromatic N) is 2. The molecule has 0 saturated carbocycles. The molecule has 0 N–H and O–H groups in total. The number of hydrogen-bond acceptors (Lipinski definition) is 4. The number of methoxy groups -OCH3 is 1. The summed E-state index contributed by atoms with van der Waals surface area (Å²) >= 11 is 0. The molecular formula is C20H22N2O3. The molecule has 0 radical (unpaired) electrons. The summed E-state index contributed by atoms with van der Waals surface area (Å²) in [7, 11) is 1.63. The number of amides is 1. The molecule has 1 saturated heterocycles. The van der Waals surface area contributed by atoms with E-state index in [2.05, 4.69) is 4.98 Å². The Balaban J connectivity index is 1.54. The van der Waals surface area contributed by atoms with Gasteiger partial charge in [-0.3, -0.25) is 4.79 Å². The fourth-order valence-corrected chi connectivity index (χ4v) is 2.77. The first-order chi connectivity index (χ1) is 12.1. The van der Waals surface area contributed by atoms with Crippen LogP contribution in [0, 0.1) is 6.92 Å². The Bertz CT molecular complexity index is 756. The highest BCUT2D eigenvalue weighted by Crippen LogP contribution is 2.18. The van der Waals surface area contributed by atoms with E-state index in [1.54, 1.807) is 18.1 Å². The van der Waals surface area contributed by atoms with Crippen LogP contribution in [-0.2, 0) is 4.79 Å². The highest BCUT2D eigenvalue weighted by Gasteiger charge is 2.26. The smallest absolute Gasteiger partial charge is 0.246 e. The Hall–Kier alpha value is -2.82. The summed E-state index contributed by atoms with van der Waals surface area (Å²) < 4.78 is 11.0. The lowest BCUT2D eigenvalue weighted by Gasteiger charge is -2.15. The van der Waals surface area contributed by atoms with Gasteiger partial charge in [0.1, 0.15) is 11.9 Å². The minimum Gasteiger partial charge on any atom is -0.497 e. The summed E-state index contributed by atoms with van der Waals surface area (Å²) in [6, 6.07) is 13.3. The zero-order chi connectivity index (χ0) is 17.6. The van der Waals surface area contributed by atoms with Gasteiger partial charge < -0.3 is 14.4 Å². The Morgan fingerprint density at radius 2 is 2.04 bits per heavy atom. The molecule has 0 spiro atoms. The summed E-state index contributed by atoms with van der Waals surface area (Å²) in [6.07, 6.45) is 4.23. The molecule has 0 bridgehead atoms. The van der Waals surface area contributed by atoms with Gasteiger partial charge in [0.2, 0.25) is 11.8 Å². The van der Waals surface area contributed by atoms with Crippen LogP contribution in [0.4, 0.5) is 0 Å². The molecule has 1 unspecified atom stereocenters. The molecule has 1 aliphatic rings. The maximum Gasteiger partial charge on any atom is 0.246 e. The quantitative estimate of drug-likeness (QED) is 0.786. The van der Waals surface area contributed by atoms with Gasteiger partial charge in [0.05, 0.1) is 13.7 Å². The van der Waals surface area contributed by atoms with Crippen molar-refractivity contribution in [2.75, 3.05) is 20.2 Å². The lowest BCUT2D eigenvalue weighted by molar-refractivity contribution is -0.125. The number of rotatable bonds is 5. The minimum atomic E-state index is -0.00682. The number of carbonyl (C=O) groups is 1. The molecule has 5 heteroatoms. The number of ether oxygens (including phenoxy) is 2. The number of likely N-dealkylation sites (tertiary alicyclic amines) is 1. The molecule has 2 aromatic rings. The first kappa shape index (κ1) is 17.0. The SMILES string of the molecule is COc1ccc(/C=C/C(=O)N2CCC(Oc3cccc(C)n3)C2)cc1. The van der Waals surface area contributed by atoms with E-state index in [1.165, 1.54) is 0 Å². The molecule has 1 aliphatic heterocycles. The fourth-order valence-electron chi connectivity index (χ4n) is 2.77. The van der Waals surface area contributed by atoms with Crippen LogP contribution in [0.5, 0.6) is 11.6 Å². The third-order valence-electron chi connectivity index (χ3n) is 4.14. The molecule has 3 rings (SSSR count). The van der Waals surface area contributed by atoms with Gasteiger partial charge in [-0.1, -0.05) is 18.2 Å². The molecule has 130 valence electrons. The van der Waals surface area contributed by atoms with E-state index in [0.717, 1.165) is 23.4 Å². The summed E-state index contributed by atoms with van der Waals surface area (Å²) in [5.74, 6) is 1.42. The van der Waals surface area contributed by atoms with Gasteiger partial charge in [-0.15, -0.1) is 0 Å². The lowest BCUT2D eigenvalue weighted by Crippen LogP contribution is -2.29. The summed E-state index contributed by atoms with van der Waals surface area (Å²) in [6.45, 7) is 3.21. The standard InChI is InChI=1S/C20H22N2O3/c1-15-4-3-5-19(21-15)25-18-12-13-22(14-18)20(23)11-8-16-6-9-17(24-2)10-7-16/h3-11,18H,12-14H2,1-2H3/b11-8+. The Kier molecular flexibility index (Phi) is 5.33. The highest BCUT2D eigenvalue weighted by atomic mass is 16.5. The summed E-state index contributed by atoms with van der Waals surface area (Å²) in [5, 5.41) is 0. The average Bonchev–Trinajstić information content (AvgIpc) is 3.08. The fraction of sp³-hybridized carbons (Fsp3) is 0.300. The van der Waals surface area contributed by atoms with Gasteiger partial charge in [0.15, 0.2) is 0 Å².